The molecule has 1 saturated carbocycles. The van der Waals surface area contributed by atoms with Crippen LogP contribution in [0.2, 0.25) is 0 Å². The van der Waals surface area contributed by atoms with Gasteiger partial charge in [-0.15, -0.1) is 11.3 Å². The van der Waals surface area contributed by atoms with E-state index in [0.717, 1.165) is 16.3 Å². The predicted molar refractivity (Wildman–Crippen MR) is 105 cm³/mol. The van der Waals surface area contributed by atoms with Gasteiger partial charge < -0.3 is 9.88 Å². The van der Waals surface area contributed by atoms with Crippen LogP contribution in [0.5, 0.6) is 0 Å². The van der Waals surface area contributed by atoms with Gasteiger partial charge in [0.2, 0.25) is 5.91 Å². The number of rotatable bonds is 6. The lowest BCUT2D eigenvalue weighted by atomic mass is 10.2. The van der Waals surface area contributed by atoms with E-state index in [1.165, 1.54) is 29.8 Å². The van der Waals surface area contributed by atoms with Crippen LogP contribution in [0, 0.1) is 13.8 Å². The Bertz CT molecular complexity index is 922. The molecule has 0 spiro atoms. The van der Waals surface area contributed by atoms with Crippen molar-refractivity contribution < 1.29 is 4.79 Å². The van der Waals surface area contributed by atoms with E-state index in [9.17, 15) is 4.79 Å². The standard InChI is InChI=1S/C21H23N3OS/c1-14-10-18(15(2)24(14)17-8-9-17)19-13-26-21(23-19)11-20(25)22-12-16-6-4-3-5-7-16/h3-7,10,13,17H,8-9,11-12H2,1-2H3,(H,22,25). The summed E-state index contributed by atoms with van der Waals surface area (Å²) in [6.07, 6.45) is 2.89. The summed E-state index contributed by atoms with van der Waals surface area (Å²) in [5.74, 6) is 0.0122. The van der Waals surface area contributed by atoms with Crippen molar-refractivity contribution in [1.29, 1.82) is 0 Å². The van der Waals surface area contributed by atoms with Gasteiger partial charge in [-0.05, 0) is 38.3 Å². The third-order valence-electron chi connectivity index (χ3n) is 4.87. The second kappa shape index (κ2) is 7.08. The first-order valence-corrected chi connectivity index (χ1v) is 9.93. The molecule has 2 aromatic heterocycles. The van der Waals surface area contributed by atoms with Gasteiger partial charge in [0, 0.05) is 34.9 Å². The number of benzene rings is 1. The van der Waals surface area contributed by atoms with Crippen molar-refractivity contribution >= 4 is 17.2 Å². The number of thiazole rings is 1. The molecule has 1 aromatic carbocycles. The number of aromatic nitrogens is 2. The van der Waals surface area contributed by atoms with Crippen molar-refractivity contribution in [3.63, 3.8) is 0 Å². The van der Waals surface area contributed by atoms with Gasteiger partial charge in [0.1, 0.15) is 5.01 Å². The number of carbonyl (C=O) groups excluding carboxylic acids is 1. The van der Waals surface area contributed by atoms with Gasteiger partial charge in [0.25, 0.3) is 0 Å². The van der Waals surface area contributed by atoms with E-state index < -0.39 is 0 Å². The summed E-state index contributed by atoms with van der Waals surface area (Å²) in [5, 5.41) is 5.90. The third-order valence-corrected chi connectivity index (χ3v) is 5.72. The number of hydrogen-bond acceptors (Lipinski definition) is 3. The molecule has 0 bridgehead atoms. The summed E-state index contributed by atoms with van der Waals surface area (Å²) in [7, 11) is 0. The molecule has 1 aliphatic rings. The minimum absolute atomic E-state index is 0.0122. The van der Waals surface area contributed by atoms with Gasteiger partial charge in [-0.2, -0.15) is 0 Å². The summed E-state index contributed by atoms with van der Waals surface area (Å²) >= 11 is 1.56. The maximum absolute atomic E-state index is 12.2. The molecule has 1 fully saturated rings. The smallest absolute Gasteiger partial charge is 0.227 e. The summed E-state index contributed by atoms with van der Waals surface area (Å²) in [4.78, 5) is 16.9. The van der Waals surface area contributed by atoms with Crippen molar-refractivity contribution in [3.05, 3.63) is 63.7 Å². The zero-order valence-corrected chi connectivity index (χ0v) is 16.0. The molecule has 0 aliphatic heterocycles. The van der Waals surface area contributed by atoms with Crippen molar-refractivity contribution in [3.8, 4) is 11.3 Å². The molecule has 1 aliphatic carbocycles. The minimum atomic E-state index is 0.0122. The molecular weight excluding hydrogens is 342 g/mol. The Kier molecular flexibility index (Phi) is 4.64. The fourth-order valence-corrected chi connectivity index (χ4v) is 4.24. The van der Waals surface area contributed by atoms with Gasteiger partial charge >= 0.3 is 0 Å². The summed E-state index contributed by atoms with van der Waals surface area (Å²) < 4.78 is 2.43. The van der Waals surface area contributed by atoms with Gasteiger partial charge in [0.15, 0.2) is 0 Å². The molecule has 2 heterocycles. The lowest BCUT2D eigenvalue weighted by molar-refractivity contribution is -0.120. The van der Waals surface area contributed by atoms with Crippen LogP contribution in [0.1, 0.15) is 40.8 Å². The van der Waals surface area contributed by atoms with Crippen LogP contribution >= 0.6 is 11.3 Å². The topological polar surface area (TPSA) is 46.9 Å². The van der Waals surface area contributed by atoms with Gasteiger partial charge in [-0.3, -0.25) is 4.79 Å². The highest BCUT2D eigenvalue weighted by molar-refractivity contribution is 7.10. The van der Waals surface area contributed by atoms with Gasteiger partial charge in [0.05, 0.1) is 12.1 Å². The molecule has 0 atom stereocenters. The fourth-order valence-electron chi connectivity index (χ4n) is 3.44. The first-order chi connectivity index (χ1) is 12.6. The van der Waals surface area contributed by atoms with Gasteiger partial charge in [-0.1, -0.05) is 30.3 Å². The quantitative estimate of drug-likeness (QED) is 0.703. The Labute approximate surface area is 157 Å². The van der Waals surface area contributed by atoms with Crippen molar-refractivity contribution in [1.82, 2.24) is 14.9 Å². The molecule has 5 heteroatoms. The maximum Gasteiger partial charge on any atom is 0.227 e. The molecule has 4 rings (SSSR count). The Balaban J connectivity index is 1.42. The highest BCUT2D eigenvalue weighted by Gasteiger charge is 2.27. The van der Waals surface area contributed by atoms with Crippen LogP contribution in [0.15, 0.2) is 41.8 Å². The lowest BCUT2D eigenvalue weighted by Crippen LogP contribution is -2.24. The van der Waals surface area contributed by atoms with Gasteiger partial charge in [-0.25, -0.2) is 4.98 Å². The van der Waals surface area contributed by atoms with Crippen LogP contribution in [-0.4, -0.2) is 15.5 Å². The largest absolute Gasteiger partial charge is 0.352 e. The van der Waals surface area contributed by atoms with Crippen LogP contribution in [-0.2, 0) is 17.8 Å². The summed E-state index contributed by atoms with van der Waals surface area (Å²) in [6, 6.07) is 12.9. The molecule has 1 amide bonds. The van der Waals surface area contributed by atoms with E-state index in [2.05, 4.69) is 35.2 Å². The second-order valence-corrected chi connectivity index (χ2v) is 7.89. The van der Waals surface area contributed by atoms with Crippen molar-refractivity contribution in [2.24, 2.45) is 0 Å². The summed E-state index contributed by atoms with van der Waals surface area (Å²) in [5.41, 5.74) is 5.88. The minimum Gasteiger partial charge on any atom is -0.352 e. The first-order valence-electron chi connectivity index (χ1n) is 9.05. The van der Waals surface area contributed by atoms with Crippen LogP contribution in [0.4, 0.5) is 0 Å². The lowest BCUT2D eigenvalue weighted by Gasteiger charge is -2.07. The highest BCUT2D eigenvalue weighted by Crippen LogP contribution is 2.40. The molecule has 0 saturated heterocycles. The molecule has 0 radical (unpaired) electrons. The second-order valence-electron chi connectivity index (χ2n) is 6.95. The Morgan fingerprint density at radius 3 is 2.77 bits per heavy atom. The monoisotopic (exact) mass is 365 g/mol. The number of nitrogens with one attached hydrogen (secondary N) is 1. The number of nitrogens with zero attached hydrogens (tertiary/aromatic N) is 2. The Morgan fingerprint density at radius 2 is 2.04 bits per heavy atom. The van der Waals surface area contributed by atoms with E-state index in [1.807, 2.05) is 30.3 Å². The molecule has 3 aromatic rings. The number of hydrogen-bond donors (Lipinski definition) is 1. The van der Waals surface area contributed by atoms with Crippen molar-refractivity contribution in [2.75, 3.05) is 0 Å². The normalized spacial score (nSPS) is 13.8. The molecule has 134 valence electrons. The van der Waals surface area contributed by atoms with E-state index >= 15 is 0 Å². The molecule has 4 nitrogen and oxygen atoms in total. The number of amides is 1. The average Bonchev–Trinajstić information content (AvgIpc) is 3.29. The Hall–Kier alpha value is -2.40. The van der Waals surface area contributed by atoms with Crippen LogP contribution < -0.4 is 5.32 Å². The number of aryl methyl sites for hydroxylation is 1. The van der Waals surface area contributed by atoms with Crippen LogP contribution in [0.25, 0.3) is 11.3 Å². The van der Waals surface area contributed by atoms with E-state index in [-0.39, 0.29) is 5.91 Å². The maximum atomic E-state index is 12.2. The zero-order chi connectivity index (χ0) is 18.1. The zero-order valence-electron chi connectivity index (χ0n) is 15.2. The Morgan fingerprint density at radius 1 is 1.27 bits per heavy atom. The number of carbonyl (C=O) groups is 1. The first kappa shape index (κ1) is 17.0. The molecular formula is C21H23N3OS. The molecule has 1 N–H and O–H groups in total. The average molecular weight is 366 g/mol. The van der Waals surface area contributed by atoms with E-state index in [0.29, 0.717) is 19.0 Å². The van der Waals surface area contributed by atoms with E-state index in [1.54, 1.807) is 11.3 Å². The van der Waals surface area contributed by atoms with Crippen LogP contribution in [0.3, 0.4) is 0 Å². The predicted octanol–water partition coefficient (Wildman–Crippen LogP) is 4.42. The highest BCUT2D eigenvalue weighted by atomic mass is 32.1. The van der Waals surface area contributed by atoms with Crippen molar-refractivity contribution in [2.45, 2.75) is 45.7 Å². The summed E-state index contributed by atoms with van der Waals surface area (Å²) in [6.45, 7) is 4.89. The van der Waals surface area contributed by atoms with E-state index in [4.69, 9.17) is 4.98 Å². The fraction of sp³-hybridized carbons (Fsp3) is 0.333. The third kappa shape index (κ3) is 3.58. The SMILES string of the molecule is Cc1cc(-c2csc(CC(=O)NCc3ccccc3)n2)c(C)n1C1CC1. The molecule has 26 heavy (non-hydrogen) atoms. The molecule has 0 unspecified atom stereocenters.